The van der Waals surface area contributed by atoms with Gasteiger partial charge in [0.25, 0.3) is 5.91 Å². The van der Waals surface area contributed by atoms with Crippen LogP contribution in [-0.2, 0) is 4.79 Å². The maximum absolute atomic E-state index is 12.1. The Morgan fingerprint density at radius 1 is 1.40 bits per heavy atom. The fourth-order valence-corrected chi connectivity index (χ4v) is 2.25. The first-order valence-electron chi connectivity index (χ1n) is 6.58. The Morgan fingerprint density at radius 3 is 2.70 bits per heavy atom. The lowest BCUT2D eigenvalue weighted by atomic mass is 10.0. The summed E-state index contributed by atoms with van der Waals surface area (Å²) < 4.78 is 0. The van der Waals surface area contributed by atoms with Crippen LogP contribution < -0.4 is 5.32 Å². The molecule has 0 aliphatic rings. The summed E-state index contributed by atoms with van der Waals surface area (Å²) in [5, 5.41) is 11.5. The second kappa shape index (κ2) is 7.94. The Hall–Kier alpha value is -1.49. The second-order valence-electron chi connectivity index (χ2n) is 4.93. The smallest absolute Gasteiger partial charge is 0.303 e. The lowest BCUT2D eigenvalue weighted by Crippen LogP contribution is -2.29. The van der Waals surface area contributed by atoms with Crippen molar-refractivity contribution in [3.05, 3.63) is 29.3 Å². The average Bonchev–Trinajstić information content (AvgIpc) is 2.43. The predicted molar refractivity (Wildman–Crippen MR) is 81.3 cm³/mol. The van der Waals surface area contributed by atoms with Gasteiger partial charge in [-0.1, -0.05) is 13.0 Å². The van der Waals surface area contributed by atoms with Gasteiger partial charge in [-0.25, -0.2) is 0 Å². The van der Waals surface area contributed by atoms with Gasteiger partial charge in [0.2, 0.25) is 0 Å². The number of amides is 1. The van der Waals surface area contributed by atoms with Crippen LogP contribution in [0.4, 0.5) is 0 Å². The number of hydrogen-bond donors (Lipinski definition) is 2. The van der Waals surface area contributed by atoms with E-state index in [2.05, 4.69) is 5.32 Å². The molecule has 1 amide bonds. The van der Waals surface area contributed by atoms with Crippen LogP contribution in [0.3, 0.4) is 0 Å². The summed E-state index contributed by atoms with van der Waals surface area (Å²) in [6, 6.07) is 5.82. The lowest BCUT2D eigenvalue weighted by Gasteiger charge is -2.13. The number of hydrogen-bond acceptors (Lipinski definition) is 3. The quantitative estimate of drug-likeness (QED) is 0.759. The van der Waals surface area contributed by atoms with Crippen molar-refractivity contribution in [1.29, 1.82) is 0 Å². The Kier molecular flexibility index (Phi) is 6.58. The molecule has 1 unspecified atom stereocenters. The van der Waals surface area contributed by atoms with Crippen molar-refractivity contribution < 1.29 is 14.7 Å². The van der Waals surface area contributed by atoms with Crippen LogP contribution in [0.5, 0.6) is 0 Å². The van der Waals surface area contributed by atoms with Gasteiger partial charge >= 0.3 is 5.97 Å². The number of aryl methyl sites for hydroxylation is 1. The minimum Gasteiger partial charge on any atom is -0.481 e. The van der Waals surface area contributed by atoms with E-state index < -0.39 is 5.97 Å². The number of thioether (sulfide) groups is 1. The van der Waals surface area contributed by atoms with Crippen LogP contribution >= 0.6 is 11.8 Å². The molecule has 0 bridgehead atoms. The average molecular weight is 295 g/mol. The van der Waals surface area contributed by atoms with Crippen LogP contribution in [0.15, 0.2) is 23.1 Å². The number of carbonyl (C=O) groups excluding carboxylic acids is 1. The van der Waals surface area contributed by atoms with Crippen LogP contribution in [0.25, 0.3) is 0 Å². The topological polar surface area (TPSA) is 66.4 Å². The molecular weight excluding hydrogens is 274 g/mol. The summed E-state index contributed by atoms with van der Waals surface area (Å²) in [5.74, 6) is -0.744. The van der Waals surface area contributed by atoms with E-state index >= 15 is 0 Å². The largest absolute Gasteiger partial charge is 0.481 e. The molecule has 0 spiro atoms. The maximum atomic E-state index is 12.1. The standard InChI is InChI=1S/C15H21NO3S/c1-10(4-7-14(17)18)9-16-15(19)13-8-12(20-3)6-5-11(13)2/h5-6,8,10H,4,7,9H2,1-3H3,(H,16,19)(H,17,18). The van der Waals surface area contributed by atoms with Crippen molar-refractivity contribution in [3.63, 3.8) is 0 Å². The van der Waals surface area contributed by atoms with E-state index in [0.29, 0.717) is 18.5 Å². The van der Waals surface area contributed by atoms with Gasteiger partial charge in [0.05, 0.1) is 0 Å². The third-order valence-electron chi connectivity index (χ3n) is 3.15. The second-order valence-corrected chi connectivity index (χ2v) is 5.81. The van der Waals surface area contributed by atoms with E-state index in [4.69, 9.17) is 5.11 Å². The molecule has 0 aliphatic carbocycles. The number of benzene rings is 1. The highest BCUT2D eigenvalue weighted by atomic mass is 32.2. The highest BCUT2D eigenvalue weighted by Crippen LogP contribution is 2.19. The first kappa shape index (κ1) is 16.6. The predicted octanol–water partition coefficient (Wildman–Crippen LogP) is 2.95. The molecule has 5 heteroatoms. The van der Waals surface area contributed by atoms with E-state index in [1.165, 1.54) is 0 Å². The van der Waals surface area contributed by atoms with Crippen LogP contribution in [0.1, 0.15) is 35.7 Å². The van der Waals surface area contributed by atoms with Gasteiger partial charge in [-0.15, -0.1) is 11.8 Å². The Balaban J connectivity index is 2.56. The Morgan fingerprint density at radius 2 is 2.10 bits per heavy atom. The molecule has 0 saturated carbocycles. The summed E-state index contributed by atoms with van der Waals surface area (Å²) in [7, 11) is 0. The monoisotopic (exact) mass is 295 g/mol. The molecule has 4 nitrogen and oxygen atoms in total. The molecule has 0 heterocycles. The molecule has 0 aliphatic heterocycles. The number of aliphatic carboxylic acids is 1. The van der Waals surface area contributed by atoms with E-state index in [1.54, 1.807) is 11.8 Å². The van der Waals surface area contributed by atoms with Gasteiger partial charge in [-0.05, 0) is 43.2 Å². The Labute approximate surface area is 124 Å². The summed E-state index contributed by atoms with van der Waals surface area (Å²) in [6.45, 7) is 4.34. The van der Waals surface area contributed by atoms with Gasteiger partial charge < -0.3 is 10.4 Å². The molecule has 0 aromatic heterocycles. The third-order valence-corrected chi connectivity index (χ3v) is 3.88. The van der Waals surface area contributed by atoms with Crippen molar-refractivity contribution in [2.24, 2.45) is 5.92 Å². The fourth-order valence-electron chi connectivity index (χ4n) is 1.81. The zero-order valence-corrected chi connectivity index (χ0v) is 12.9. The van der Waals surface area contributed by atoms with E-state index in [-0.39, 0.29) is 18.2 Å². The summed E-state index contributed by atoms with van der Waals surface area (Å²) in [4.78, 5) is 23.7. The first-order valence-corrected chi connectivity index (χ1v) is 7.81. The molecule has 2 N–H and O–H groups in total. The highest BCUT2D eigenvalue weighted by Gasteiger charge is 2.12. The minimum atomic E-state index is -0.799. The highest BCUT2D eigenvalue weighted by molar-refractivity contribution is 7.98. The molecule has 1 aromatic carbocycles. The van der Waals surface area contributed by atoms with E-state index in [9.17, 15) is 9.59 Å². The van der Waals surface area contributed by atoms with Crippen molar-refractivity contribution in [1.82, 2.24) is 5.32 Å². The SMILES string of the molecule is CSc1ccc(C)c(C(=O)NCC(C)CCC(=O)O)c1. The zero-order chi connectivity index (χ0) is 15.1. The van der Waals surface area contributed by atoms with Crippen LogP contribution in [0.2, 0.25) is 0 Å². The number of nitrogens with one attached hydrogen (secondary N) is 1. The van der Waals surface area contributed by atoms with Crippen molar-refractivity contribution in [3.8, 4) is 0 Å². The summed E-state index contributed by atoms with van der Waals surface area (Å²) in [6.07, 6.45) is 2.68. The number of carbonyl (C=O) groups is 2. The molecule has 1 atom stereocenters. The van der Waals surface area contributed by atoms with Crippen LogP contribution in [0, 0.1) is 12.8 Å². The van der Waals surface area contributed by atoms with Crippen LogP contribution in [-0.4, -0.2) is 29.8 Å². The molecular formula is C15H21NO3S. The Bertz CT molecular complexity index is 488. The number of rotatable bonds is 7. The van der Waals surface area contributed by atoms with Gasteiger partial charge in [0.15, 0.2) is 0 Å². The first-order chi connectivity index (χ1) is 9.43. The van der Waals surface area contributed by atoms with Crippen molar-refractivity contribution in [2.75, 3.05) is 12.8 Å². The number of carboxylic acid groups (broad SMARTS) is 1. The normalized spacial score (nSPS) is 11.9. The lowest BCUT2D eigenvalue weighted by molar-refractivity contribution is -0.137. The molecule has 1 aromatic rings. The van der Waals surface area contributed by atoms with E-state index in [0.717, 1.165) is 10.5 Å². The van der Waals surface area contributed by atoms with Gasteiger partial charge in [-0.3, -0.25) is 9.59 Å². The fraction of sp³-hybridized carbons (Fsp3) is 0.467. The minimum absolute atomic E-state index is 0.0967. The van der Waals surface area contributed by atoms with E-state index in [1.807, 2.05) is 38.3 Å². The third kappa shape index (κ3) is 5.25. The molecule has 20 heavy (non-hydrogen) atoms. The summed E-state index contributed by atoms with van der Waals surface area (Å²) in [5.41, 5.74) is 1.63. The number of carboxylic acids is 1. The van der Waals surface area contributed by atoms with Gasteiger partial charge in [-0.2, -0.15) is 0 Å². The molecule has 0 fully saturated rings. The molecule has 1 rings (SSSR count). The molecule has 110 valence electrons. The van der Waals surface area contributed by atoms with Crippen molar-refractivity contribution >= 4 is 23.6 Å². The van der Waals surface area contributed by atoms with Gasteiger partial charge in [0, 0.05) is 23.4 Å². The van der Waals surface area contributed by atoms with Gasteiger partial charge in [0.1, 0.15) is 0 Å². The molecule has 0 radical (unpaired) electrons. The molecule has 0 saturated heterocycles. The zero-order valence-electron chi connectivity index (χ0n) is 12.1. The van der Waals surface area contributed by atoms with Crippen molar-refractivity contribution in [2.45, 2.75) is 31.6 Å². The summed E-state index contributed by atoms with van der Waals surface area (Å²) >= 11 is 1.60. The maximum Gasteiger partial charge on any atom is 0.303 e.